The summed E-state index contributed by atoms with van der Waals surface area (Å²) in [5.74, 6) is -1.57. The number of hydrogen-bond donors (Lipinski definition) is 1. The van der Waals surface area contributed by atoms with Gasteiger partial charge in [0.1, 0.15) is 0 Å². The average molecular weight is 252 g/mol. The summed E-state index contributed by atoms with van der Waals surface area (Å²) in [6, 6.07) is 6.43. The summed E-state index contributed by atoms with van der Waals surface area (Å²) >= 11 is 0.997. The van der Waals surface area contributed by atoms with E-state index in [1.165, 1.54) is 6.07 Å². The molecule has 0 aliphatic carbocycles. The molecule has 0 saturated heterocycles. The molecule has 1 aromatic carbocycles. The monoisotopic (exact) mass is 252 g/mol. The van der Waals surface area contributed by atoms with Crippen LogP contribution in [0, 0.1) is 0 Å². The summed E-state index contributed by atoms with van der Waals surface area (Å²) < 4.78 is 4.77. The normalized spacial score (nSPS) is 9.71. The van der Waals surface area contributed by atoms with Gasteiger partial charge in [0.05, 0.1) is 17.1 Å². The van der Waals surface area contributed by atoms with Crippen molar-refractivity contribution in [3.63, 3.8) is 0 Å². The molecule has 0 radical (unpaired) electrons. The van der Waals surface area contributed by atoms with Crippen LogP contribution in [0.25, 0.3) is 0 Å². The summed E-state index contributed by atoms with van der Waals surface area (Å²) in [5.41, 5.74) is 0.142. The quantitative estimate of drug-likeness (QED) is 0.495. The predicted molar refractivity (Wildman–Crippen MR) is 65.0 cm³/mol. The zero-order valence-corrected chi connectivity index (χ0v) is 10.1. The first-order valence-electron chi connectivity index (χ1n) is 4.92. The second kappa shape index (κ2) is 6.10. The molecule has 0 saturated carbocycles. The average Bonchev–Trinajstić information content (AvgIpc) is 2.29. The molecule has 0 fully saturated rings. The van der Waals surface area contributed by atoms with Gasteiger partial charge in [0, 0.05) is 4.90 Å². The lowest BCUT2D eigenvalue weighted by Gasteiger charge is -2.07. The van der Waals surface area contributed by atoms with Crippen molar-refractivity contribution in [2.24, 2.45) is 0 Å². The fourth-order valence-electron chi connectivity index (χ4n) is 1.12. The first kappa shape index (κ1) is 13.3. The molecule has 0 bridgehead atoms. The number of rotatable bonds is 5. The van der Waals surface area contributed by atoms with Crippen LogP contribution in [0.5, 0.6) is 0 Å². The van der Waals surface area contributed by atoms with E-state index < -0.39 is 11.9 Å². The Hall–Kier alpha value is -1.75. The molecule has 0 spiro atoms. The highest BCUT2D eigenvalue weighted by Gasteiger charge is 2.14. The van der Waals surface area contributed by atoms with Gasteiger partial charge in [0.15, 0.2) is 0 Å². The van der Waals surface area contributed by atoms with Crippen molar-refractivity contribution in [2.45, 2.75) is 11.8 Å². The zero-order chi connectivity index (χ0) is 12.8. The van der Waals surface area contributed by atoms with Crippen LogP contribution >= 0.6 is 11.8 Å². The third-order valence-electron chi connectivity index (χ3n) is 1.85. The van der Waals surface area contributed by atoms with Crippen LogP contribution in [0.4, 0.5) is 0 Å². The van der Waals surface area contributed by atoms with Crippen molar-refractivity contribution in [3.8, 4) is 0 Å². The lowest BCUT2D eigenvalue weighted by molar-refractivity contribution is -0.137. The molecule has 5 heteroatoms. The van der Waals surface area contributed by atoms with Crippen molar-refractivity contribution >= 4 is 23.7 Å². The molecule has 0 aliphatic rings. The van der Waals surface area contributed by atoms with Crippen LogP contribution in [0.2, 0.25) is 0 Å². The van der Waals surface area contributed by atoms with Gasteiger partial charge in [-0.05, 0) is 19.1 Å². The maximum absolute atomic E-state index is 11.3. The van der Waals surface area contributed by atoms with Crippen LogP contribution in [0.15, 0.2) is 40.6 Å². The molecule has 90 valence electrons. The van der Waals surface area contributed by atoms with Crippen molar-refractivity contribution < 1.29 is 19.4 Å². The van der Waals surface area contributed by atoms with E-state index in [-0.39, 0.29) is 17.1 Å². The van der Waals surface area contributed by atoms with Crippen LogP contribution < -0.4 is 0 Å². The second-order valence-electron chi connectivity index (χ2n) is 3.05. The van der Waals surface area contributed by atoms with Crippen molar-refractivity contribution in [1.82, 2.24) is 0 Å². The molecule has 1 aromatic rings. The van der Waals surface area contributed by atoms with Crippen LogP contribution in [0.1, 0.15) is 17.3 Å². The number of hydrogen-bond acceptors (Lipinski definition) is 4. The minimum atomic E-state index is -1.04. The molecule has 0 heterocycles. The van der Waals surface area contributed by atoms with Crippen molar-refractivity contribution in [2.75, 3.05) is 6.61 Å². The lowest BCUT2D eigenvalue weighted by Crippen LogP contribution is -2.05. The number of carboxylic acid groups (broad SMARTS) is 1. The molecule has 0 atom stereocenters. The van der Waals surface area contributed by atoms with E-state index in [1.54, 1.807) is 25.1 Å². The zero-order valence-electron chi connectivity index (χ0n) is 9.30. The Kier molecular flexibility index (Phi) is 4.78. The Bertz CT molecular complexity index is 454. The van der Waals surface area contributed by atoms with Gasteiger partial charge < -0.3 is 9.84 Å². The van der Waals surface area contributed by atoms with Gasteiger partial charge >= 0.3 is 11.9 Å². The number of thioether (sulfide) groups is 1. The van der Waals surface area contributed by atoms with E-state index in [1.807, 2.05) is 0 Å². The van der Waals surface area contributed by atoms with Gasteiger partial charge in [-0.3, -0.25) is 0 Å². The number of esters is 1. The molecule has 4 nitrogen and oxygen atoms in total. The molecular weight excluding hydrogens is 240 g/mol. The molecule has 0 unspecified atom stereocenters. The third-order valence-corrected chi connectivity index (χ3v) is 2.84. The minimum absolute atomic E-state index is 0.142. The summed E-state index contributed by atoms with van der Waals surface area (Å²) in [5, 5.41) is 8.96. The van der Waals surface area contributed by atoms with Gasteiger partial charge in [-0.1, -0.05) is 30.5 Å². The van der Waals surface area contributed by atoms with Gasteiger partial charge in [0.2, 0.25) is 0 Å². The molecule has 0 aliphatic heterocycles. The fourth-order valence-corrected chi connectivity index (χ4v) is 1.94. The van der Waals surface area contributed by atoms with Crippen LogP contribution in [0.3, 0.4) is 0 Å². The smallest absolute Gasteiger partial charge is 0.344 e. The number of benzene rings is 1. The highest BCUT2D eigenvalue weighted by atomic mass is 32.2. The molecule has 1 N–H and O–H groups in total. The first-order chi connectivity index (χ1) is 8.06. The Labute approximate surface area is 103 Å². The molecule has 0 aromatic heterocycles. The van der Waals surface area contributed by atoms with Gasteiger partial charge in [-0.15, -0.1) is 0 Å². The van der Waals surface area contributed by atoms with Gasteiger partial charge in [0.25, 0.3) is 0 Å². The summed E-state index contributed by atoms with van der Waals surface area (Å²) in [6.45, 7) is 5.52. The maximum atomic E-state index is 11.3. The van der Waals surface area contributed by atoms with Crippen molar-refractivity contribution in [3.05, 3.63) is 41.3 Å². The molecule has 0 amide bonds. The topological polar surface area (TPSA) is 63.6 Å². The number of carboxylic acids is 1. The lowest BCUT2D eigenvalue weighted by atomic mass is 10.2. The van der Waals surface area contributed by atoms with E-state index >= 15 is 0 Å². The largest absolute Gasteiger partial charge is 0.478 e. The highest BCUT2D eigenvalue weighted by molar-refractivity contribution is 8.04. The van der Waals surface area contributed by atoms with Gasteiger partial charge in [-0.2, -0.15) is 0 Å². The predicted octanol–water partition coefficient (Wildman–Crippen LogP) is 2.55. The summed E-state index contributed by atoms with van der Waals surface area (Å²) in [7, 11) is 0. The minimum Gasteiger partial charge on any atom is -0.478 e. The summed E-state index contributed by atoms with van der Waals surface area (Å²) in [4.78, 5) is 22.9. The molecular formula is C12H12O4S. The number of aromatic carboxylic acids is 1. The SMILES string of the molecule is C=C(Sc1ccccc1C(=O)O)C(=O)OCC. The number of carbonyl (C=O) groups excluding carboxylic acids is 1. The van der Waals surface area contributed by atoms with E-state index in [4.69, 9.17) is 9.84 Å². The van der Waals surface area contributed by atoms with E-state index in [0.717, 1.165) is 11.8 Å². The molecule has 17 heavy (non-hydrogen) atoms. The fraction of sp³-hybridized carbons (Fsp3) is 0.167. The highest BCUT2D eigenvalue weighted by Crippen LogP contribution is 2.29. The Morgan fingerprint density at radius 2 is 2.06 bits per heavy atom. The standard InChI is InChI=1S/C12H12O4S/c1-3-16-12(15)8(2)17-10-7-5-4-6-9(10)11(13)14/h4-7H,2-3H2,1H3,(H,13,14). The van der Waals surface area contributed by atoms with Crippen LogP contribution in [-0.4, -0.2) is 23.7 Å². The van der Waals surface area contributed by atoms with Gasteiger partial charge in [-0.25, -0.2) is 9.59 Å². The molecule has 1 rings (SSSR count). The van der Waals surface area contributed by atoms with E-state index in [2.05, 4.69) is 6.58 Å². The maximum Gasteiger partial charge on any atom is 0.344 e. The number of carbonyl (C=O) groups is 2. The first-order valence-corrected chi connectivity index (χ1v) is 5.74. The van der Waals surface area contributed by atoms with E-state index in [0.29, 0.717) is 4.90 Å². The van der Waals surface area contributed by atoms with Crippen molar-refractivity contribution in [1.29, 1.82) is 0 Å². The Morgan fingerprint density at radius 1 is 1.41 bits per heavy atom. The van der Waals surface area contributed by atoms with E-state index in [9.17, 15) is 9.59 Å². The third kappa shape index (κ3) is 3.64. The summed E-state index contributed by atoms with van der Waals surface area (Å²) in [6.07, 6.45) is 0. The number of ether oxygens (including phenoxy) is 1. The Balaban J connectivity index is 2.85. The second-order valence-corrected chi connectivity index (χ2v) is 4.18. The van der Waals surface area contributed by atoms with Crippen LogP contribution in [-0.2, 0) is 9.53 Å². The Morgan fingerprint density at radius 3 is 2.65 bits per heavy atom.